The number of anilines is 1. The number of nitrogens with one attached hydrogen (secondary N) is 1. The van der Waals surface area contributed by atoms with Crippen molar-refractivity contribution in [1.29, 1.82) is 0 Å². The Morgan fingerprint density at radius 2 is 2.15 bits per heavy atom. The van der Waals surface area contributed by atoms with Gasteiger partial charge < -0.3 is 5.73 Å². The largest absolute Gasteiger partial charge is 0.397 e. The lowest BCUT2D eigenvalue weighted by molar-refractivity contribution is 0.0954. The number of hydrogen-bond acceptors (Lipinski definition) is 3. The van der Waals surface area contributed by atoms with Crippen molar-refractivity contribution in [3.05, 3.63) is 27.7 Å². The first-order valence-electron chi connectivity index (χ1n) is 3.63. The van der Waals surface area contributed by atoms with E-state index in [4.69, 9.17) is 11.6 Å². The maximum Gasteiger partial charge on any atom is 0.267 e. The molecule has 4 nitrogen and oxygen atoms in total. The maximum atomic E-state index is 11.2. The number of carbonyl (C=O) groups excluding carboxylic acids is 1. The zero-order valence-electron chi connectivity index (χ0n) is 7.10. The Hall–Kier alpha value is -1.07. The van der Waals surface area contributed by atoms with Gasteiger partial charge in [0.2, 0.25) is 0 Å². The molecule has 5 N–H and O–H groups in total. The molecule has 13 heavy (non-hydrogen) atoms. The number of hydrogen-bond donors (Lipinski definition) is 3. The first kappa shape index (κ1) is 10.0. The van der Waals surface area contributed by atoms with Crippen LogP contribution in [0.1, 0.15) is 15.9 Å². The van der Waals surface area contributed by atoms with Crippen molar-refractivity contribution < 1.29 is 4.79 Å². The van der Waals surface area contributed by atoms with Gasteiger partial charge in [0.15, 0.2) is 0 Å². The summed E-state index contributed by atoms with van der Waals surface area (Å²) in [5.74, 6) is 4.62. The second-order valence-corrected chi connectivity index (χ2v) is 3.54. The second-order valence-electron chi connectivity index (χ2n) is 2.68. The van der Waals surface area contributed by atoms with Crippen LogP contribution in [0.5, 0.6) is 0 Å². The van der Waals surface area contributed by atoms with Gasteiger partial charge in [-0.25, -0.2) is 5.84 Å². The van der Waals surface area contributed by atoms with E-state index in [1.807, 2.05) is 18.4 Å². The van der Waals surface area contributed by atoms with Crippen LogP contribution in [0.3, 0.4) is 0 Å². The third-order valence-electron chi connectivity index (χ3n) is 1.65. The fraction of sp³-hybridized carbons (Fsp3) is 0.125. The van der Waals surface area contributed by atoms with Gasteiger partial charge in [-0.3, -0.25) is 10.2 Å². The van der Waals surface area contributed by atoms with Gasteiger partial charge in [0, 0.05) is 4.47 Å². The van der Waals surface area contributed by atoms with Crippen molar-refractivity contribution in [2.45, 2.75) is 6.92 Å². The van der Waals surface area contributed by atoms with E-state index in [0.29, 0.717) is 15.7 Å². The van der Waals surface area contributed by atoms with Crippen molar-refractivity contribution >= 4 is 27.5 Å². The van der Waals surface area contributed by atoms with Crippen LogP contribution >= 0.6 is 15.9 Å². The molecule has 1 aromatic rings. The molecule has 0 bridgehead atoms. The molecule has 0 aromatic heterocycles. The van der Waals surface area contributed by atoms with Crippen LogP contribution in [-0.2, 0) is 0 Å². The predicted octanol–water partition coefficient (Wildman–Crippen LogP) is 0.943. The number of nitrogens with two attached hydrogens (primary N) is 2. The van der Waals surface area contributed by atoms with E-state index < -0.39 is 0 Å². The molecule has 0 heterocycles. The summed E-state index contributed by atoms with van der Waals surface area (Å²) in [5, 5.41) is 0. The van der Waals surface area contributed by atoms with Crippen molar-refractivity contribution in [3.8, 4) is 0 Å². The molecule has 5 heteroatoms. The smallest absolute Gasteiger partial charge is 0.267 e. The number of halogens is 1. The Morgan fingerprint density at radius 3 is 2.69 bits per heavy atom. The number of nitrogen functional groups attached to an aromatic ring is 2. The summed E-state index contributed by atoms with van der Waals surface area (Å²) in [5.41, 5.74) is 9.43. The van der Waals surface area contributed by atoms with E-state index in [9.17, 15) is 4.79 Å². The monoisotopic (exact) mass is 243 g/mol. The fourth-order valence-corrected chi connectivity index (χ4v) is 1.59. The van der Waals surface area contributed by atoms with Gasteiger partial charge in [-0.1, -0.05) is 0 Å². The fourth-order valence-electron chi connectivity index (χ4n) is 1.02. The van der Waals surface area contributed by atoms with E-state index >= 15 is 0 Å². The molecule has 0 atom stereocenters. The maximum absolute atomic E-state index is 11.2. The summed E-state index contributed by atoms with van der Waals surface area (Å²) in [6.07, 6.45) is 0. The first-order valence-corrected chi connectivity index (χ1v) is 4.42. The minimum atomic E-state index is -0.387. The third-order valence-corrected chi connectivity index (χ3v) is 2.31. The zero-order chi connectivity index (χ0) is 10.0. The summed E-state index contributed by atoms with van der Waals surface area (Å²) < 4.78 is 0.700. The normalized spacial score (nSPS) is 9.77. The van der Waals surface area contributed by atoms with E-state index in [-0.39, 0.29) is 5.91 Å². The van der Waals surface area contributed by atoms with Crippen LogP contribution in [0, 0.1) is 6.92 Å². The molecule has 1 amide bonds. The third kappa shape index (κ3) is 1.99. The number of rotatable bonds is 1. The highest BCUT2D eigenvalue weighted by molar-refractivity contribution is 9.10. The molecular formula is C8H10BrN3O. The highest BCUT2D eigenvalue weighted by Gasteiger charge is 2.10. The molecule has 0 fully saturated rings. The summed E-state index contributed by atoms with van der Waals surface area (Å²) in [4.78, 5) is 11.2. The van der Waals surface area contributed by atoms with E-state index in [1.165, 1.54) is 0 Å². The Bertz CT molecular complexity index is 351. The first-order chi connectivity index (χ1) is 6.06. The van der Waals surface area contributed by atoms with Crippen molar-refractivity contribution in [2.75, 3.05) is 5.73 Å². The molecule has 0 aliphatic heterocycles. The van der Waals surface area contributed by atoms with E-state index in [1.54, 1.807) is 6.07 Å². The van der Waals surface area contributed by atoms with Crippen LogP contribution in [0.4, 0.5) is 5.69 Å². The number of amides is 1. The molecule has 0 saturated carbocycles. The number of hydrazine groups is 1. The molecule has 0 aliphatic rings. The van der Waals surface area contributed by atoms with Gasteiger partial charge in [-0.05, 0) is 40.5 Å². The summed E-state index contributed by atoms with van der Waals surface area (Å²) in [7, 11) is 0. The van der Waals surface area contributed by atoms with Crippen LogP contribution < -0.4 is 17.0 Å². The quantitative estimate of drug-likeness (QED) is 0.297. The second kappa shape index (κ2) is 3.76. The average Bonchev–Trinajstić information content (AvgIpc) is 2.10. The molecule has 0 saturated heterocycles. The van der Waals surface area contributed by atoms with Crippen LogP contribution in [0.25, 0.3) is 0 Å². The minimum absolute atomic E-state index is 0.384. The zero-order valence-corrected chi connectivity index (χ0v) is 8.68. The van der Waals surface area contributed by atoms with Crippen molar-refractivity contribution in [3.63, 3.8) is 0 Å². The summed E-state index contributed by atoms with van der Waals surface area (Å²) in [6.45, 7) is 1.87. The number of aryl methyl sites for hydroxylation is 1. The summed E-state index contributed by atoms with van der Waals surface area (Å²) in [6, 6.07) is 3.52. The average molecular weight is 244 g/mol. The van der Waals surface area contributed by atoms with Gasteiger partial charge in [0.25, 0.3) is 5.91 Å². The minimum Gasteiger partial charge on any atom is -0.397 e. The van der Waals surface area contributed by atoms with Crippen molar-refractivity contribution in [2.24, 2.45) is 5.84 Å². The lowest BCUT2D eigenvalue weighted by atomic mass is 10.1. The lowest BCUT2D eigenvalue weighted by Crippen LogP contribution is -2.30. The highest BCUT2D eigenvalue weighted by atomic mass is 79.9. The molecule has 1 aromatic carbocycles. The van der Waals surface area contributed by atoms with E-state index in [0.717, 1.165) is 5.56 Å². The Kier molecular flexibility index (Phi) is 2.90. The predicted molar refractivity (Wildman–Crippen MR) is 54.9 cm³/mol. The standard InChI is InChI=1S/C8H10BrN3O/c1-4-2-5(8(13)12-11)7(10)6(9)3-4/h2-3H,10-11H2,1H3,(H,12,13). The topological polar surface area (TPSA) is 81.1 Å². The molecule has 0 radical (unpaired) electrons. The molecule has 1 rings (SSSR count). The van der Waals surface area contributed by atoms with Crippen LogP contribution in [0.15, 0.2) is 16.6 Å². The Balaban J connectivity index is 3.28. The van der Waals surface area contributed by atoms with Gasteiger partial charge in [0.05, 0.1) is 11.3 Å². The Labute approximate surface area is 84.4 Å². The molecule has 0 spiro atoms. The van der Waals surface area contributed by atoms with Crippen LogP contribution in [0.2, 0.25) is 0 Å². The van der Waals surface area contributed by atoms with Crippen molar-refractivity contribution in [1.82, 2.24) is 5.43 Å². The van der Waals surface area contributed by atoms with Gasteiger partial charge in [0.1, 0.15) is 0 Å². The Morgan fingerprint density at radius 1 is 1.54 bits per heavy atom. The van der Waals surface area contributed by atoms with Crippen LogP contribution in [-0.4, -0.2) is 5.91 Å². The highest BCUT2D eigenvalue weighted by Crippen LogP contribution is 2.24. The van der Waals surface area contributed by atoms with Gasteiger partial charge >= 0.3 is 0 Å². The van der Waals surface area contributed by atoms with Gasteiger partial charge in [-0.15, -0.1) is 0 Å². The number of carbonyl (C=O) groups is 1. The van der Waals surface area contributed by atoms with Gasteiger partial charge in [-0.2, -0.15) is 0 Å². The number of benzene rings is 1. The molecule has 0 aliphatic carbocycles. The van der Waals surface area contributed by atoms with E-state index in [2.05, 4.69) is 15.9 Å². The molecule has 0 unspecified atom stereocenters. The lowest BCUT2D eigenvalue weighted by Gasteiger charge is -2.07. The molecule has 70 valence electrons. The molecular weight excluding hydrogens is 234 g/mol. The summed E-state index contributed by atoms with van der Waals surface area (Å²) >= 11 is 3.25. The SMILES string of the molecule is Cc1cc(Br)c(N)c(C(=O)NN)c1.